The summed E-state index contributed by atoms with van der Waals surface area (Å²) >= 11 is 1.55. The minimum Gasteiger partial charge on any atom is -0.312 e. The smallest absolute Gasteiger partial charge is 0.312 e. The van der Waals surface area contributed by atoms with Crippen LogP contribution in [-0.4, -0.2) is 25.5 Å². The van der Waals surface area contributed by atoms with Crippen molar-refractivity contribution in [3.63, 3.8) is 0 Å². The number of carbonyl (C=O) groups is 1. The molecule has 29 heavy (non-hydrogen) atoms. The zero-order chi connectivity index (χ0) is 21.0. The summed E-state index contributed by atoms with van der Waals surface area (Å²) in [5.74, 6) is -0.192. The Morgan fingerprint density at radius 3 is 2.62 bits per heavy atom. The average molecular weight is 420 g/mol. The van der Waals surface area contributed by atoms with Gasteiger partial charge in [0.05, 0.1) is 0 Å². The molecule has 2 aromatic heterocycles. The third-order valence-corrected chi connectivity index (χ3v) is 5.46. The zero-order valence-electron chi connectivity index (χ0n) is 15.8. The number of pyridine rings is 1. The van der Waals surface area contributed by atoms with Gasteiger partial charge in [-0.15, -0.1) is 10.2 Å². The number of carbonyl (C=O) groups excluding carboxylic acids is 1. The summed E-state index contributed by atoms with van der Waals surface area (Å²) in [7, 11) is 1.87. The molecule has 0 unspecified atom stereocenters. The van der Waals surface area contributed by atoms with Crippen LogP contribution in [0, 0.1) is 0 Å². The molecular formula is C20H19F3N4OS. The van der Waals surface area contributed by atoms with Gasteiger partial charge >= 0.3 is 6.18 Å². The Balaban J connectivity index is 1.65. The maximum Gasteiger partial charge on any atom is 0.433 e. The maximum absolute atomic E-state index is 12.8. The molecular weight excluding hydrogens is 401 g/mol. The van der Waals surface area contributed by atoms with Gasteiger partial charge in [-0.05, 0) is 30.2 Å². The van der Waals surface area contributed by atoms with Gasteiger partial charge in [-0.1, -0.05) is 42.1 Å². The lowest BCUT2D eigenvalue weighted by Gasteiger charge is -2.12. The fourth-order valence-corrected chi connectivity index (χ4v) is 3.70. The first-order chi connectivity index (χ1) is 13.7. The number of ketones is 1. The molecule has 152 valence electrons. The van der Waals surface area contributed by atoms with Gasteiger partial charge in [0.25, 0.3) is 0 Å². The SMILES string of the molecule is C[C@H](Sc1nncn1C)c1cccc(CC(=O)Cc2cccc(C(F)(F)F)n2)c1. The van der Waals surface area contributed by atoms with Crippen LogP contribution in [0.5, 0.6) is 0 Å². The number of alkyl halides is 3. The topological polar surface area (TPSA) is 60.7 Å². The summed E-state index contributed by atoms with van der Waals surface area (Å²) in [4.78, 5) is 15.9. The molecule has 0 N–H and O–H groups in total. The van der Waals surface area contributed by atoms with Gasteiger partial charge in [-0.3, -0.25) is 4.79 Å². The third kappa shape index (κ3) is 5.66. The van der Waals surface area contributed by atoms with Crippen molar-refractivity contribution in [1.29, 1.82) is 0 Å². The minimum absolute atomic E-state index is 0.0954. The van der Waals surface area contributed by atoms with E-state index in [9.17, 15) is 18.0 Å². The van der Waals surface area contributed by atoms with Crippen LogP contribution in [0.4, 0.5) is 13.2 Å². The summed E-state index contributed by atoms with van der Waals surface area (Å²) in [6, 6.07) is 11.2. The van der Waals surface area contributed by atoms with Crippen LogP contribution in [0.2, 0.25) is 0 Å². The number of thioether (sulfide) groups is 1. The van der Waals surface area contributed by atoms with Gasteiger partial charge in [0.2, 0.25) is 0 Å². The lowest BCUT2D eigenvalue weighted by Crippen LogP contribution is -2.12. The van der Waals surface area contributed by atoms with E-state index in [-0.39, 0.29) is 29.6 Å². The number of hydrogen-bond acceptors (Lipinski definition) is 5. The molecule has 9 heteroatoms. The predicted octanol–water partition coefficient (Wildman–Crippen LogP) is 4.44. The highest BCUT2D eigenvalue weighted by molar-refractivity contribution is 7.99. The Morgan fingerprint density at radius 2 is 1.93 bits per heavy atom. The highest BCUT2D eigenvalue weighted by Crippen LogP contribution is 2.33. The molecule has 5 nitrogen and oxygen atoms in total. The van der Waals surface area contributed by atoms with E-state index in [4.69, 9.17) is 0 Å². The van der Waals surface area contributed by atoms with Gasteiger partial charge in [0.1, 0.15) is 17.8 Å². The molecule has 2 heterocycles. The number of Topliss-reactive ketones (excluding diaryl/α,β-unsaturated/α-hetero) is 1. The summed E-state index contributed by atoms with van der Waals surface area (Å²) in [6.45, 7) is 2.03. The maximum atomic E-state index is 12.8. The number of halogens is 3. The molecule has 0 amide bonds. The molecule has 1 aromatic carbocycles. The van der Waals surface area contributed by atoms with Crippen LogP contribution in [0.3, 0.4) is 0 Å². The Bertz CT molecular complexity index is 1000. The van der Waals surface area contributed by atoms with Crippen LogP contribution >= 0.6 is 11.8 Å². The van der Waals surface area contributed by atoms with E-state index in [2.05, 4.69) is 15.2 Å². The van der Waals surface area contributed by atoms with Crippen LogP contribution in [0.1, 0.15) is 34.7 Å². The molecule has 0 aliphatic carbocycles. The number of benzene rings is 1. The molecule has 0 aliphatic rings. The van der Waals surface area contributed by atoms with Crippen molar-refractivity contribution in [2.24, 2.45) is 7.05 Å². The summed E-state index contributed by atoms with van der Waals surface area (Å²) in [5.41, 5.74) is 0.969. The number of hydrogen-bond donors (Lipinski definition) is 0. The van der Waals surface area contributed by atoms with Crippen molar-refractivity contribution < 1.29 is 18.0 Å². The fraction of sp³-hybridized carbons (Fsp3) is 0.300. The summed E-state index contributed by atoms with van der Waals surface area (Å²) < 4.78 is 40.2. The highest BCUT2D eigenvalue weighted by Gasteiger charge is 2.32. The molecule has 0 spiro atoms. The molecule has 1 atom stereocenters. The largest absolute Gasteiger partial charge is 0.433 e. The zero-order valence-corrected chi connectivity index (χ0v) is 16.7. The van der Waals surface area contributed by atoms with Crippen molar-refractivity contribution in [3.8, 4) is 0 Å². The molecule has 0 aliphatic heterocycles. The summed E-state index contributed by atoms with van der Waals surface area (Å²) in [5, 5.41) is 8.80. The monoisotopic (exact) mass is 420 g/mol. The van der Waals surface area contributed by atoms with Crippen molar-refractivity contribution in [2.75, 3.05) is 0 Å². The van der Waals surface area contributed by atoms with Crippen LogP contribution in [-0.2, 0) is 30.9 Å². The molecule has 3 aromatic rings. The standard InChI is InChI=1S/C20H19F3N4OS/c1-13(29-19-26-24-12-27(19)2)15-6-3-5-14(9-15)10-17(28)11-16-7-4-8-18(25-16)20(21,22)23/h3-9,12-13H,10-11H2,1-2H3/t13-/m0/s1. The Labute approximate surface area is 170 Å². The number of aryl methyl sites for hydroxylation is 1. The minimum atomic E-state index is -4.52. The van der Waals surface area contributed by atoms with Crippen molar-refractivity contribution >= 4 is 17.5 Å². The Kier molecular flexibility index (Phi) is 6.36. The lowest BCUT2D eigenvalue weighted by molar-refractivity contribution is -0.141. The van der Waals surface area contributed by atoms with E-state index in [1.165, 1.54) is 12.1 Å². The second kappa shape index (κ2) is 8.77. The first-order valence-corrected chi connectivity index (χ1v) is 9.74. The molecule has 0 radical (unpaired) electrons. The van der Waals surface area contributed by atoms with E-state index >= 15 is 0 Å². The second-order valence-electron chi connectivity index (χ2n) is 6.63. The number of aromatic nitrogens is 4. The van der Waals surface area contributed by atoms with E-state index in [1.807, 2.05) is 42.8 Å². The van der Waals surface area contributed by atoms with E-state index < -0.39 is 11.9 Å². The average Bonchev–Trinajstić information content (AvgIpc) is 3.06. The van der Waals surface area contributed by atoms with Gasteiger partial charge in [0, 0.05) is 30.8 Å². The van der Waals surface area contributed by atoms with Gasteiger partial charge in [0.15, 0.2) is 5.16 Å². The van der Waals surface area contributed by atoms with Crippen molar-refractivity contribution in [2.45, 2.75) is 36.3 Å². The first-order valence-electron chi connectivity index (χ1n) is 8.86. The Hall–Kier alpha value is -2.68. The Morgan fingerprint density at radius 1 is 1.17 bits per heavy atom. The second-order valence-corrected chi connectivity index (χ2v) is 7.94. The summed E-state index contributed by atoms with van der Waals surface area (Å²) in [6.07, 6.45) is -2.90. The van der Waals surface area contributed by atoms with Gasteiger partial charge in [-0.2, -0.15) is 13.2 Å². The van der Waals surface area contributed by atoms with E-state index in [0.29, 0.717) is 0 Å². The quantitative estimate of drug-likeness (QED) is 0.529. The lowest BCUT2D eigenvalue weighted by atomic mass is 10.0. The van der Waals surface area contributed by atoms with E-state index in [0.717, 1.165) is 22.3 Å². The van der Waals surface area contributed by atoms with Crippen LogP contribution in [0.15, 0.2) is 53.9 Å². The molecule has 0 saturated heterocycles. The van der Waals surface area contributed by atoms with Gasteiger partial charge in [-0.25, -0.2) is 4.98 Å². The number of rotatable bonds is 7. The van der Waals surface area contributed by atoms with Crippen molar-refractivity contribution in [3.05, 3.63) is 71.3 Å². The molecule has 3 rings (SSSR count). The molecule has 0 bridgehead atoms. The van der Waals surface area contributed by atoms with Crippen LogP contribution in [0.25, 0.3) is 0 Å². The first kappa shape index (κ1) is 21.0. The fourth-order valence-electron chi connectivity index (χ4n) is 2.79. The third-order valence-electron chi connectivity index (χ3n) is 4.25. The molecule has 0 saturated carbocycles. The number of nitrogens with zero attached hydrogens (tertiary/aromatic N) is 4. The highest BCUT2D eigenvalue weighted by atomic mass is 32.2. The van der Waals surface area contributed by atoms with E-state index in [1.54, 1.807) is 18.1 Å². The van der Waals surface area contributed by atoms with Gasteiger partial charge < -0.3 is 4.57 Å². The predicted molar refractivity (Wildman–Crippen MR) is 103 cm³/mol. The molecule has 0 fully saturated rings. The normalized spacial score (nSPS) is 12.7. The van der Waals surface area contributed by atoms with Crippen LogP contribution < -0.4 is 0 Å². The van der Waals surface area contributed by atoms with Crippen molar-refractivity contribution in [1.82, 2.24) is 19.7 Å².